The molecule has 0 radical (unpaired) electrons. The summed E-state index contributed by atoms with van der Waals surface area (Å²) in [6, 6.07) is 8.14. The summed E-state index contributed by atoms with van der Waals surface area (Å²) >= 11 is 2.30. The molecule has 1 aromatic carbocycles. The fraction of sp³-hybridized carbons (Fsp3) is 0.400. The Morgan fingerprint density at radius 2 is 2.14 bits per heavy atom. The first-order chi connectivity index (χ1) is 6.36. The number of hydrogen-bond acceptors (Lipinski definition) is 2. The minimum absolute atomic E-state index is 0. The van der Waals surface area contributed by atoms with E-state index in [4.69, 9.17) is 4.74 Å². The predicted octanol–water partition coefficient (Wildman–Crippen LogP) is 2.45. The van der Waals surface area contributed by atoms with Crippen molar-refractivity contribution in [1.29, 1.82) is 0 Å². The van der Waals surface area contributed by atoms with Gasteiger partial charge in [-0.05, 0) is 47.7 Å². The molecule has 14 heavy (non-hydrogen) atoms. The summed E-state index contributed by atoms with van der Waals surface area (Å²) in [7, 11) is 0. The summed E-state index contributed by atoms with van der Waals surface area (Å²) in [5.41, 5.74) is 0. The number of ether oxygens (including phenoxy) is 1. The van der Waals surface area contributed by atoms with Crippen LogP contribution < -0.4 is 10.1 Å². The van der Waals surface area contributed by atoms with Crippen molar-refractivity contribution < 1.29 is 4.74 Å². The van der Waals surface area contributed by atoms with Crippen LogP contribution >= 0.6 is 35.0 Å². The number of para-hydroxylation sites is 1. The lowest BCUT2D eigenvalue weighted by molar-refractivity contribution is 0.221. The monoisotopic (exact) mass is 325 g/mol. The Labute approximate surface area is 104 Å². The molecule has 1 unspecified atom stereocenters. The van der Waals surface area contributed by atoms with E-state index >= 15 is 0 Å². The van der Waals surface area contributed by atoms with Crippen molar-refractivity contribution in [2.24, 2.45) is 0 Å². The van der Waals surface area contributed by atoms with Crippen molar-refractivity contribution in [1.82, 2.24) is 5.32 Å². The van der Waals surface area contributed by atoms with Gasteiger partial charge in [0.05, 0.1) is 3.57 Å². The zero-order valence-electron chi connectivity index (χ0n) is 7.70. The Morgan fingerprint density at radius 3 is 2.79 bits per heavy atom. The molecular formula is C10H13ClINO. The summed E-state index contributed by atoms with van der Waals surface area (Å²) in [5.74, 6) is 1.01. The topological polar surface area (TPSA) is 21.3 Å². The molecule has 0 aliphatic carbocycles. The number of rotatable bonds is 2. The fourth-order valence-electron chi connectivity index (χ4n) is 1.45. The lowest BCUT2D eigenvalue weighted by Gasteiger charge is -2.13. The first kappa shape index (κ1) is 12.1. The molecule has 2 nitrogen and oxygen atoms in total. The first-order valence-corrected chi connectivity index (χ1v) is 5.56. The summed E-state index contributed by atoms with van der Waals surface area (Å²) < 4.78 is 7.02. The quantitative estimate of drug-likeness (QED) is 0.844. The van der Waals surface area contributed by atoms with Crippen molar-refractivity contribution >= 4 is 35.0 Å². The molecule has 0 bridgehead atoms. The molecule has 0 aromatic heterocycles. The highest BCUT2D eigenvalue weighted by Crippen LogP contribution is 2.22. The molecule has 1 aromatic rings. The van der Waals surface area contributed by atoms with Crippen LogP contribution in [0.4, 0.5) is 0 Å². The summed E-state index contributed by atoms with van der Waals surface area (Å²) in [6.45, 7) is 2.05. The molecule has 4 heteroatoms. The molecule has 1 N–H and O–H groups in total. The van der Waals surface area contributed by atoms with Gasteiger partial charge in [0.1, 0.15) is 11.9 Å². The number of hydrogen-bond donors (Lipinski definition) is 1. The molecule has 1 atom stereocenters. The van der Waals surface area contributed by atoms with E-state index in [1.807, 2.05) is 18.2 Å². The third kappa shape index (κ3) is 3.00. The maximum absolute atomic E-state index is 5.84. The van der Waals surface area contributed by atoms with E-state index in [0.717, 1.165) is 25.3 Å². The first-order valence-electron chi connectivity index (χ1n) is 4.48. The Hall–Kier alpha value is -0.0000000000000000208. The van der Waals surface area contributed by atoms with Crippen LogP contribution in [0.25, 0.3) is 0 Å². The third-order valence-corrected chi connectivity index (χ3v) is 3.04. The SMILES string of the molecule is Cl.Ic1ccccc1OC1CCNC1. The highest BCUT2D eigenvalue weighted by molar-refractivity contribution is 14.1. The second kappa shape index (κ2) is 5.78. The Morgan fingerprint density at radius 1 is 1.36 bits per heavy atom. The molecule has 0 saturated carbocycles. The standard InChI is InChI=1S/C10H12INO.ClH/c11-9-3-1-2-4-10(9)13-8-5-6-12-7-8;/h1-4,8,12H,5-7H2;1H. The molecule has 1 aliphatic rings. The van der Waals surface area contributed by atoms with Crippen molar-refractivity contribution in [3.8, 4) is 5.75 Å². The molecule has 1 heterocycles. The highest BCUT2D eigenvalue weighted by atomic mass is 127. The highest BCUT2D eigenvalue weighted by Gasteiger charge is 2.16. The van der Waals surface area contributed by atoms with Crippen LogP contribution in [0.5, 0.6) is 5.75 Å². The van der Waals surface area contributed by atoms with Gasteiger partial charge in [0.2, 0.25) is 0 Å². The summed E-state index contributed by atoms with van der Waals surface area (Å²) in [4.78, 5) is 0. The van der Waals surface area contributed by atoms with Crippen molar-refractivity contribution in [2.45, 2.75) is 12.5 Å². The van der Waals surface area contributed by atoms with E-state index in [1.54, 1.807) is 0 Å². The largest absolute Gasteiger partial charge is 0.488 e. The Bertz CT molecular complexity index is 289. The molecule has 1 fully saturated rings. The Kier molecular flexibility index (Phi) is 4.98. The second-order valence-corrected chi connectivity index (χ2v) is 4.33. The van der Waals surface area contributed by atoms with Crippen molar-refractivity contribution in [3.63, 3.8) is 0 Å². The number of nitrogens with one attached hydrogen (secondary N) is 1. The van der Waals surface area contributed by atoms with E-state index in [2.05, 4.69) is 34.0 Å². The number of halogens is 2. The molecule has 0 spiro atoms. The fourth-order valence-corrected chi connectivity index (χ4v) is 1.96. The maximum Gasteiger partial charge on any atom is 0.133 e. The zero-order chi connectivity index (χ0) is 9.10. The van der Waals surface area contributed by atoms with Crippen molar-refractivity contribution in [2.75, 3.05) is 13.1 Å². The van der Waals surface area contributed by atoms with E-state index in [-0.39, 0.29) is 12.4 Å². The van der Waals surface area contributed by atoms with Gasteiger partial charge in [-0.3, -0.25) is 0 Å². The zero-order valence-corrected chi connectivity index (χ0v) is 10.7. The molecule has 0 amide bonds. The molecule has 1 aliphatic heterocycles. The van der Waals surface area contributed by atoms with Gasteiger partial charge in [-0.2, -0.15) is 0 Å². The average Bonchev–Trinajstić information content (AvgIpc) is 2.61. The van der Waals surface area contributed by atoms with Gasteiger partial charge in [0, 0.05) is 6.54 Å². The number of benzene rings is 1. The average molecular weight is 326 g/mol. The second-order valence-electron chi connectivity index (χ2n) is 3.16. The van der Waals surface area contributed by atoms with Crippen LogP contribution in [0.3, 0.4) is 0 Å². The van der Waals surface area contributed by atoms with Crippen LogP contribution in [-0.4, -0.2) is 19.2 Å². The van der Waals surface area contributed by atoms with Gasteiger partial charge in [-0.25, -0.2) is 0 Å². The van der Waals surface area contributed by atoms with Crippen molar-refractivity contribution in [3.05, 3.63) is 27.8 Å². The smallest absolute Gasteiger partial charge is 0.133 e. The lowest BCUT2D eigenvalue weighted by Crippen LogP contribution is -2.19. The van der Waals surface area contributed by atoms with Gasteiger partial charge in [0.25, 0.3) is 0 Å². The molecule has 2 rings (SSSR count). The van der Waals surface area contributed by atoms with Crippen LogP contribution in [0.1, 0.15) is 6.42 Å². The minimum atomic E-state index is 0. The predicted molar refractivity (Wildman–Crippen MR) is 68.3 cm³/mol. The molecule has 1 saturated heterocycles. The van der Waals surface area contributed by atoms with Crippen LogP contribution in [0.15, 0.2) is 24.3 Å². The Balaban J connectivity index is 0.000000980. The van der Waals surface area contributed by atoms with Gasteiger partial charge >= 0.3 is 0 Å². The van der Waals surface area contributed by atoms with E-state index < -0.39 is 0 Å². The van der Waals surface area contributed by atoms with E-state index in [9.17, 15) is 0 Å². The van der Waals surface area contributed by atoms with Crippen LogP contribution in [0, 0.1) is 3.57 Å². The minimum Gasteiger partial charge on any atom is -0.488 e. The van der Waals surface area contributed by atoms with E-state index in [1.165, 1.54) is 3.57 Å². The van der Waals surface area contributed by atoms with Gasteiger partial charge < -0.3 is 10.1 Å². The van der Waals surface area contributed by atoms with Crippen LogP contribution in [-0.2, 0) is 0 Å². The summed E-state index contributed by atoms with van der Waals surface area (Å²) in [6.07, 6.45) is 1.47. The van der Waals surface area contributed by atoms with Crippen LogP contribution in [0.2, 0.25) is 0 Å². The summed E-state index contributed by atoms with van der Waals surface area (Å²) in [5, 5.41) is 3.28. The maximum atomic E-state index is 5.84. The third-order valence-electron chi connectivity index (χ3n) is 2.15. The van der Waals surface area contributed by atoms with Gasteiger partial charge in [0.15, 0.2) is 0 Å². The van der Waals surface area contributed by atoms with Gasteiger partial charge in [-0.15, -0.1) is 12.4 Å². The van der Waals surface area contributed by atoms with Gasteiger partial charge in [-0.1, -0.05) is 12.1 Å². The van der Waals surface area contributed by atoms with E-state index in [0.29, 0.717) is 6.10 Å². The molecule has 78 valence electrons. The molecular weight excluding hydrogens is 312 g/mol. The lowest BCUT2D eigenvalue weighted by atomic mass is 10.3. The normalized spacial score (nSPS) is 20.2.